The van der Waals surface area contributed by atoms with Gasteiger partial charge in [0.1, 0.15) is 18.1 Å². The van der Waals surface area contributed by atoms with Crippen LogP contribution in [-0.2, 0) is 6.18 Å². The zero-order valence-electron chi connectivity index (χ0n) is 16.4. The van der Waals surface area contributed by atoms with Crippen LogP contribution in [0, 0.1) is 11.3 Å². The van der Waals surface area contributed by atoms with E-state index < -0.39 is 41.4 Å². The summed E-state index contributed by atoms with van der Waals surface area (Å²) in [5.74, 6) is -1.94. The molecule has 14 heteroatoms. The van der Waals surface area contributed by atoms with Gasteiger partial charge in [-0.2, -0.15) is 18.4 Å². The van der Waals surface area contributed by atoms with Crippen molar-refractivity contribution in [3.05, 3.63) is 65.4 Å². The fourth-order valence-corrected chi connectivity index (χ4v) is 2.60. The van der Waals surface area contributed by atoms with Crippen molar-refractivity contribution in [1.82, 2.24) is 25.1 Å². The van der Waals surface area contributed by atoms with Crippen molar-refractivity contribution in [2.24, 2.45) is 0 Å². The molecule has 8 nitrogen and oxygen atoms in total. The van der Waals surface area contributed by atoms with Crippen LogP contribution in [0.3, 0.4) is 0 Å². The summed E-state index contributed by atoms with van der Waals surface area (Å²) in [6.07, 6.45) is -7.70. The fraction of sp³-hybridized carbons (Fsp3) is 0.211. The summed E-state index contributed by atoms with van der Waals surface area (Å²) in [5, 5.41) is 15.2. The molecule has 0 saturated carbocycles. The Labute approximate surface area is 181 Å². The number of hydrogen-bond donors (Lipinski definition) is 1. The summed E-state index contributed by atoms with van der Waals surface area (Å²) < 4.78 is 81.4. The highest BCUT2D eigenvalue weighted by Crippen LogP contribution is 2.34. The molecule has 0 saturated heterocycles. The van der Waals surface area contributed by atoms with E-state index in [-0.39, 0.29) is 11.9 Å². The molecule has 0 bridgehead atoms. The number of ether oxygens (including phenoxy) is 1. The van der Waals surface area contributed by atoms with Crippen LogP contribution in [0.5, 0.6) is 5.75 Å². The number of alkyl halides is 6. The van der Waals surface area contributed by atoms with Crippen LogP contribution in [0.1, 0.15) is 40.3 Å². The molecule has 1 unspecified atom stereocenters. The van der Waals surface area contributed by atoms with Crippen LogP contribution in [0.15, 0.2) is 42.9 Å². The molecule has 0 spiro atoms. The molecule has 1 atom stereocenters. The Morgan fingerprint density at radius 2 is 1.88 bits per heavy atom. The zero-order chi connectivity index (χ0) is 24.4. The van der Waals surface area contributed by atoms with E-state index >= 15 is 0 Å². The normalized spacial score (nSPS) is 12.7. The Morgan fingerprint density at radius 1 is 1.15 bits per heavy atom. The number of amides is 1. The lowest BCUT2D eigenvalue weighted by atomic mass is 10.1. The number of hydrogen-bond acceptors (Lipinski definition) is 6. The third-order valence-corrected chi connectivity index (χ3v) is 4.09. The van der Waals surface area contributed by atoms with Gasteiger partial charge in [-0.25, -0.2) is 14.6 Å². The molecule has 0 aliphatic carbocycles. The molecule has 0 fully saturated rings. The number of nitrogens with zero attached hydrogens (tertiary/aromatic N) is 5. The molecule has 33 heavy (non-hydrogen) atoms. The number of rotatable bonds is 5. The molecule has 3 aromatic rings. The van der Waals surface area contributed by atoms with Gasteiger partial charge in [0.05, 0.1) is 17.2 Å². The molecule has 3 rings (SSSR count). The number of carbonyl (C=O) groups excluding carboxylic acids is 1. The highest BCUT2D eigenvalue weighted by Gasteiger charge is 2.35. The maximum absolute atomic E-state index is 13.1. The monoisotopic (exact) mass is 470 g/mol. The van der Waals surface area contributed by atoms with Gasteiger partial charge in [0.25, 0.3) is 5.91 Å². The van der Waals surface area contributed by atoms with E-state index in [9.17, 15) is 31.1 Å². The van der Waals surface area contributed by atoms with E-state index in [1.54, 1.807) is 0 Å². The third-order valence-electron chi connectivity index (χ3n) is 4.09. The standard InChI is InChI=1S/C19H12F6N6O2/c1-10(16-28-9-31(30-16)15-3-2-11(7-26)8-27-15)29-17(32)12-4-13(18(20,21)22)6-14(5-12)33-19(23,24)25/h2-6,8-10H,1H3,(H,29,32). The predicted molar refractivity (Wildman–Crippen MR) is 97.9 cm³/mol. The molecule has 2 heterocycles. The minimum atomic E-state index is -5.25. The van der Waals surface area contributed by atoms with E-state index in [2.05, 4.69) is 25.1 Å². The fourth-order valence-electron chi connectivity index (χ4n) is 2.60. The molecule has 0 aliphatic rings. The number of pyridine rings is 1. The second-order valence-corrected chi connectivity index (χ2v) is 6.55. The highest BCUT2D eigenvalue weighted by molar-refractivity contribution is 5.95. The predicted octanol–water partition coefficient (Wildman–Crippen LogP) is 3.94. The van der Waals surface area contributed by atoms with Crippen molar-refractivity contribution in [3.8, 4) is 17.6 Å². The first-order valence-corrected chi connectivity index (χ1v) is 8.93. The van der Waals surface area contributed by atoms with Crippen molar-refractivity contribution in [2.45, 2.75) is 25.5 Å². The molecule has 1 N–H and O–H groups in total. The van der Waals surface area contributed by atoms with Gasteiger partial charge in [0, 0.05) is 11.8 Å². The Morgan fingerprint density at radius 3 is 2.45 bits per heavy atom. The largest absolute Gasteiger partial charge is 0.573 e. The zero-order valence-corrected chi connectivity index (χ0v) is 16.4. The maximum Gasteiger partial charge on any atom is 0.573 e. The second kappa shape index (κ2) is 8.77. The van der Waals surface area contributed by atoms with Crippen molar-refractivity contribution >= 4 is 5.91 Å². The van der Waals surface area contributed by atoms with Crippen LogP contribution >= 0.6 is 0 Å². The third kappa shape index (κ3) is 5.97. The first-order chi connectivity index (χ1) is 15.4. The molecule has 172 valence electrons. The smallest absolute Gasteiger partial charge is 0.406 e. The van der Waals surface area contributed by atoms with Crippen molar-refractivity contribution in [2.75, 3.05) is 0 Å². The SMILES string of the molecule is CC(NC(=O)c1cc(OC(F)(F)F)cc(C(F)(F)F)c1)c1ncn(-c2ccc(C#N)cn2)n1. The lowest BCUT2D eigenvalue weighted by molar-refractivity contribution is -0.274. The highest BCUT2D eigenvalue weighted by atomic mass is 19.4. The first-order valence-electron chi connectivity index (χ1n) is 8.93. The summed E-state index contributed by atoms with van der Waals surface area (Å²) in [5.41, 5.74) is -1.88. The molecule has 0 radical (unpaired) electrons. The molecule has 1 amide bonds. The van der Waals surface area contributed by atoms with Gasteiger partial charge >= 0.3 is 12.5 Å². The van der Waals surface area contributed by atoms with E-state index in [1.165, 1.54) is 36.3 Å². The van der Waals surface area contributed by atoms with E-state index in [0.717, 1.165) is 0 Å². The van der Waals surface area contributed by atoms with Crippen molar-refractivity contribution in [1.29, 1.82) is 5.26 Å². The van der Waals surface area contributed by atoms with Gasteiger partial charge in [-0.15, -0.1) is 18.3 Å². The minimum absolute atomic E-state index is 0.0493. The number of carbonyl (C=O) groups is 1. The van der Waals surface area contributed by atoms with Gasteiger partial charge in [-0.1, -0.05) is 0 Å². The average molecular weight is 470 g/mol. The molecule has 0 aliphatic heterocycles. The lowest BCUT2D eigenvalue weighted by Crippen LogP contribution is -2.28. The summed E-state index contributed by atoms with van der Waals surface area (Å²) in [4.78, 5) is 20.4. The quantitative estimate of drug-likeness (QED) is 0.567. The van der Waals surface area contributed by atoms with Crippen LogP contribution in [0.4, 0.5) is 26.3 Å². The number of benzene rings is 1. The molecule has 1 aromatic carbocycles. The molecular formula is C19H12F6N6O2. The topological polar surface area (TPSA) is 106 Å². The van der Waals surface area contributed by atoms with E-state index in [0.29, 0.717) is 23.5 Å². The number of nitrogens with one attached hydrogen (secondary N) is 1. The van der Waals surface area contributed by atoms with Crippen LogP contribution in [0.2, 0.25) is 0 Å². The van der Waals surface area contributed by atoms with Crippen LogP contribution in [0.25, 0.3) is 5.82 Å². The summed E-state index contributed by atoms with van der Waals surface area (Å²) >= 11 is 0. The molecule has 2 aromatic heterocycles. The Balaban J connectivity index is 1.81. The number of aromatic nitrogens is 4. The first kappa shape index (κ1) is 23.5. The summed E-state index contributed by atoms with van der Waals surface area (Å²) in [6.45, 7) is 1.42. The Kier molecular flexibility index (Phi) is 6.25. The van der Waals surface area contributed by atoms with Gasteiger partial charge in [0.15, 0.2) is 11.6 Å². The van der Waals surface area contributed by atoms with Crippen molar-refractivity contribution < 1.29 is 35.9 Å². The summed E-state index contributed by atoms with van der Waals surface area (Å²) in [7, 11) is 0. The van der Waals surface area contributed by atoms with E-state index in [4.69, 9.17) is 5.26 Å². The van der Waals surface area contributed by atoms with Gasteiger partial charge in [-0.05, 0) is 37.3 Å². The number of nitriles is 1. The molecular weight excluding hydrogens is 458 g/mol. The van der Waals surface area contributed by atoms with Gasteiger partial charge in [0.2, 0.25) is 0 Å². The van der Waals surface area contributed by atoms with Crippen LogP contribution in [-0.4, -0.2) is 32.0 Å². The summed E-state index contributed by atoms with van der Waals surface area (Å²) in [6, 6.07) is 5.03. The Bertz CT molecular complexity index is 1200. The van der Waals surface area contributed by atoms with Gasteiger partial charge < -0.3 is 10.1 Å². The van der Waals surface area contributed by atoms with E-state index in [1.807, 2.05) is 6.07 Å². The van der Waals surface area contributed by atoms with Crippen LogP contribution < -0.4 is 10.1 Å². The lowest BCUT2D eigenvalue weighted by Gasteiger charge is -2.15. The van der Waals surface area contributed by atoms with Crippen molar-refractivity contribution in [3.63, 3.8) is 0 Å². The maximum atomic E-state index is 13.1. The Hall–Kier alpha value is -4.15. The minimum Gasteiger partial charge on any atom is -0.406 e. The second-order valence-electron chi connectivity index (χ2n) is 6.55. The number of halogens is 6. The van der Waals surface area contributed by atoms with Gasteiger partial charge in [-0.3, -0.25) is 4.79 Å². The average Bonchev–Trinajstić information content (AvgIpc) is 3.22.